The molecular formula is C23H26ClNO3S. The van der Waals surface area contributed by atoms with Gasteiger partial charge in [-0.15, -0.1) is 0 Å². The highest BCUT2D eigenvalue weighted by Crippen LogP contribution is 2.23. The van der Waals surface area contributed by atoms with Crippen molar-refractivity contribution >= 4 is 33.4 Å². The van der Waals surface area contributed by atoms with E-state index < -0.39 is 9.84 Å². The molecule has 1 atom stereocenters. The summed E-state index contributed by atoms with van der Waals surface area (Å²) in [6.07, 6.45) is 3.63. The number of nitrogens with zero attached hydrogens (tertiary/aromatic N) is 1. The summed E-state index contributed by atoms with van der Waals surface area (Å²) < 4.78 is 24.0. The largest absolute Gasteiger partial charge is 0.331 e. The molecule has 1 saturated heterocycles. The van der Waals surface area contributed by atoms with E-state index in [1.807, 2.05) is 30.3 Å². The van der Waals surface area contributed by atoms with Gasteiger partial charge < -0.3 is 4.90 Å². The van der Waals surface area contributed by atoms with Crippen molar-refractivity contribution in [2.75, 3.05) is 11.5 Å². The second-order valence-corrected chi connectivity index (χ2v) is 10.4. The first-order valence-electron chi connectivity index (χ1n) is 9.77. The van der Waals surface area contributed by atoms with Crippen molar-refractivity contribution in [3.05, 3.63) is 76.3 Å². The van der Waals surface area contributed by atoms with E-state index in [9.17, 15) is 13.2 Å². The highest BCUT2D eigenvalue weighted by molar-refractivity contribution is 7.91. The van der Waals surface area contributed by atoms with Crippen molar-refractivity contribution < 1.29 is 13.2 Å². The lowest BCUT2D eigenvalue weighted by molar-refractivity contribution is -0.128. The fourth-order valence-electron chi connectivity index (χ4n) is 3.48. The van der Waals surface area contributed by atoms with Crippen LogP contribution in [0.5, 0.6) is 0 Å². The molecule has 0 saturated carbocycles. The minimum Gasteiger partial charge on any atom is -0.331 e. The minimum atomic E-state index is -3.10. The molecule has 1 aliphatic heterocycles. The summed E-state index contributed by atoms with van der Waals surface area (Å²) >= 11 is 6.17. The van der Waals surface area contributed by atoms with Gasteiger partial charge in [0.05, 0.1) is 11.5 Å². The Hall–Kier alpha value is -2.11. The predicted molar refractivity (Wildman–Crippen MR) is 119 cm³/mol. The van der Waals surface area contributed by atoms with Gasteiger partial charge in [0, 0.05) is 23.7 Å². The third kappa shape index (κ3) is 5.71. The number of rotatable bonds is 6. The van der Waals surface area contributed by atoms with Gasteiger partial charge in [-0.2, -0.15) is 0 Å². The van der Waals surface area contributed by atoms with Crippen LogP contribution in [-0.4, -0.2) is 36.8 Å². The van der Waals surface area contributed by atoms with Crippen molar-refractivity contribution in [3.8, 4) is 0 Å². The summed E-state index contributed by atoms with van der Waals surface area (Å²) in [7, 11) is -3.10. The van der Waals surface area contributed by atoms with Gasteiger partial charge in [-0.25, -0.2) is 8.42 Å². The Morgan fingerprint density at radius 1 is 1.17 bits per heavy atom. The number of benzene rings is 2. The van der Waals surface area contributed by atoms with Gasteiger partial charge in [0.15, 0.2) is 9.84 Å². The molecule has 0 N–H and O–H groups in total. The maximum Gasteiger partial charge on any atom is 0.247 e. The summed E-state index contributed by atoms with van der Waals surface area (Å²) in [5.41, 5.74) is 2.97. The number of hydrogen-bond donors (Lipinski definition) is 0. The molecule has 1 amide bonds. The van der Waals surface area contributed by atoms with Crippen LogP contribution in [0.2, 0.25) is 5.02 Å². The topological polar surface area (TPSA) is 54.5 Å². The Kier molecular flexibility index (Phi) is 6.81. The molecule has 1 aliphatic rings. The zero-order valence-corrected chi connectivity index (χ0v) is 18.3. The Balaban J connectivity index is 1.82. The summed E-state index contributed by atoms with van der Waals surface area (Å²) in [6.45, 7) is 4.64. The smallest absolute Gasteiger partial charge is 0.247 e. The van der Waals surface area contributed by atoms with Crippen molar-refractivity contribution in [1.82, 2.24) is 4.90 Å². The third-order valence-corrected chi connectivity index (χ3v) is 7.34. The van der Waals surface area contributed by atoms with Gasteiger partial charge in [-0.1, -0.05) is 67.9 Å². The fraction of sp³-hybridized carbons (Fsp3) is 0.348. The van der Waals surface area contributed by atoms with Crippen LogP contribution in [0.3, 0.4) is 0 Å². The quantitative estimate of drug-likeness (QED) is 0.623. The normalized spacial score (nSPS) is 18.4. The number of sulfone groups is 1. The second-order valence-electron chi connectivity index (χ2n) is 7.77. The summed E-state index contributed by atoms with van der Waals surface area (Å²) in [5, 5.41) is 0.566. The van der Waals surface area contributed by atoms with E-state index in [1.54, 1.807) is 17.0 Å². The second kappa shape index (κ2) is 9.14. The van der Waals surface area contributed by atoms with E-state index in [0.717, 1.165) is 11.1 Å². The molecule has 1 heterocycles. The standard InChI is InChI=1S/C23H26ClNO3S/c1-17(2)19-9-7-18(8-10-19)15-25(21-13-14-29(27,28)16-21)23(26)12-11-20-5-3-4-6-22(20)24/h3-12,17,21H,13-16H2,1-2H3/b12-11+/t21-/m1/s1. The van der Waals surface area contributed by atoms with Gasteiger partial charge >= 0.3 is 0 Å². The van der Waals surface area contributed by atoms with Gasteiger partial charge in [-0.05, 0) is 41.2 Å². The zero-order valence-electron chi connectivity index (χ0n) is 16.7. The Labute approximate surface area is 178 Å². The molecular weight excluding hydrogens is 406 g/mol. The van der Waals surface area contributed by atoms with E-state index in [2.05, 4.69) is 26.0 Å². The van der Waals surface area contributed by atoms with Crippen LogP contribution in [0.15, 0.2) is 54.6 Å². The van der Waals surface area contributed by atoms with Gasteiger partial charge in [0.25, 0.3) is 0 Å². The first-order chi connectivity index (χ1) is 13.7. The average Bonchev–Trinajstić information content (AvgIpc) is 3.05. The number of carbonyl (C=O) groups is 1. The SMILES string of the molecule is CC(C)c1ccc(CN(C(=O)/C=C/c2ccccc2Cl)[C@@H]2CCS(=O)(=O)C2)cc1. The highest BCUT2D eigenvalue weighted by Gasteiger charge is 2.34. The van der Waals surface area contributed by atoms with Crippen molar-refractivity contribution in [2.45, 2.75) is 38.8 Å². The highest BCUT2D eigenvalue weighted by atomic mass is 35.5. The lowest BCUT2D eigenvalue weighted by atomic mass is 10.0. The van der Waals surface area contributed by atoms with Crippen LogP contribution < -0.4 is 0 Å². The molecule has 0 unspecified atom stereocenters. The first kappa shape index (κ1) is 21.6. The molecule has 0 radical (unpaired) electrons. The van der Waals surface area contributed by atoms with E-state index in [0.29, 0.717) is 23.9 Å². The van der Waals surface area contributed by atoms with Crippen LogP contribution in [-0.2, 0) is 21.2 Å². The van der Waals surface area contributed by atoms with Crippen LogP contribution in [0.4, 0.5) is 0 Å². The Morgan fingerprint density at radius 2 is 1.86 bits per heavy atom. The molecule has 4 nitrogen and oxygen atoms in total. The molecule has 0 aliphatic carbocycles. The number of carbonyl (C=O) groups excluding carboxylic acids is 1. The lowest BCUT2D eigenvalue weighted by Gasteiger charge is -2.27. The molecule has 1 fully saturated rings. The zero-order chi connectivity index (χ0) is 21.0. The van der Waals surface area contributed by atoms with Gasteiger partial charge in [-0.3, -0.25) is 4.79 Å². The summed E-state index contributed by atoms with van der Waals surface area (Å²) in [4.78, 5) is 14.7. The number of halogens is 1. The van der Waals surface area contributed by atoms with Crippen molar-refractivity contribution in [3.63, 3.8) is 0 Å². The number of hydrogen-bond acceptors (Lipinski definition) is 3. The average molecular weight is 432 g/mol. The summed E-state index contributed by atoms with van der Waals surface area (Å²) in [6, 6.07) is 15.1. The van der Waals surface area contributed by atoms with E-state index in [4.69, 9.17) is 11.6 Å². The predicted octanol–water partition coefficient (Wildman–Crippen LogP) is 4.69. The van der Waals surface area contributed by atoms with Gasteiger partial charge in [0.2, 0.25) is 5.91 Å². The van der Waals surface area contributed by atoms with Crippen LogP contribution in [0.1, 0.15) is 42.9 Å². The van der Waals surface area contributed by atoms with E-state index >= 15 is 0 Å². The maximum atomic E-state index is 13.0. The van der Waals surface area contributed by atoms with Crippen LogP contribution >= 0.6 is 11.6 Å². The van der Waals surface area contributed by atoms with Crippen LogP contribution in [0, 0.1) is 0 Å². The lowest BCUT2D eigenvalue weighted by Crippen LogP contribution is -2.39. The Morgan fingerprint density at radius 3 is 2.45 bits per heavy atom. The molecule has 3 rings (SSSR count). The third-order valence-electron chi connectivity index (χ3n) is 5.24. The monoisotopic (exact) mass is 431 g/mol. The van der Waals surface area contributed by atoms with Gasteiger partial charge in [0.1, 0.15) is 0 Å². The minimum absolute atomic E-state index is 0.0166. The summed E-state index contributed by atoms with van der Waals surface area (Å²) in [5.74, 6) is 0.366. The molecule has 2 aromatic rings. The molecule has 6 heteroatoms. The van der Waals surface area contributed by atoms with Crippen LogP contribution in [0.25, 0.3) is 6.08 Å². The first-order valence-corrected chi connectivity index (χ1v) is 12.0. The Bertz CT molecular complexity index is 997. The van der Waals surface area contributed by atoms with E-state index in [-0.39, 0.29) is 23.5 Å². The molecule has 29 heavy (non-hydrogen) atoms. The molecule has 0 spiro atoms. The molecule has 0 bridgehead atoms. The van der Waals surface area contributed by atoms with Crippen molar-refractivity contribution in [2.24, 2.45) is 0 Å². The fourth-order valence-corrected chi connectivity index (χ4v) is 5.41. The molecule has 154 valence electrons. The molecule has 2 aromatic carbocycles. The number of amides is 1. The molecule has 0 aromatic heterocycles. The van der Waals surface area contributed by atoms with Crippen molar-refractivity contribution in [1.29, 1.82) is 0 Å². The van der Waals surface area contributed by atoms with E-state index in [1.165, 1.54) is 11.6 Å². The maximum absolute atomic E-state index is 13.0.